The summed E-state index contributed by atoms with van der Waals surface area (Å²) >= 11 is 0.426. The van der Waals surface area contributed by atoms with E-state index in [1.54, 1.807) is 20.8 Å². The van der Waals surface area contributed by atoms with Gasteiger partial charge in [0.1, 0.15) is 6.17 Å². The first kappa shape index (κ1) is 28.0. The van der Waals surface area contributed by atoms with Crippen LogP contribution in [0.2, 0.25) is 0 Å². The number of hydrogen-bond donors (Lipinski definition) is 1. The van der Waals surface area contributed by atoms with E-state index < -0.39 is 74.2 Å². The van der Waals surface area contributed by atoms with E-state index in [-0.39, 0.29) is 31.3 Å². The molecule has 0 aromatic carbocycles. The van der Waals surface area contributed by atoms with Gasteiger partial charge in [-0.25, -0.2) is 8.78 Å². The van der Waals surface area contributed by atoms with Crippen LogP contribution in [0.25, 0.3) is 0 Å². The monoisotopic (exact) mass is 539 g/mol. The molecular weight excluding hydrogens is 504 g/mol. The summed E-state index contributed by atoms with van der Waals surface area (Å²) < 4.78 is 39.0. The molecule has 37 heavy (non-hydrogen) atoms. The van der Waals surface area contributed by atoms with E-state index in [4.69, 9.17) is 4.74 Å². The molecule has 0 bridgehead atoms. The van der Waals surface area contributed by atoms with Gasteiger partial charge < -0.3 is 14.7 Å². The van der Waals surface area contributed by atoms with Crippen LogP contribution >= 0.6 is 11.8 Å². The van der Waals surface area contributed by atoms with Gasteiger partial charge in [0.2, 0.25) is 5.12 Å². The lowest BCUT2D eigenvalue weighted by atomic mass is 9.44. The van der Waals surface area contributed by atoms with Crippen molar-refractivity contribution in [1.29, 1.82) is 0 Å². The molecule has 3 fully saturated rings. The van der Waals surface area contributed by atoms with Crippen LogP contribution < -0.4 is 0 Å². The van der Waals surface area contributed by atoms with Gasteiger partial charge in [0.25, 0.3) is 5.24 Å². The van der Waals surface area contributed by atoms with E-state index in [1.807, 2.05) is 0 Å². The molecule has 9 atom stereocenters. The molecule has 0 heterocycles. The highest BCUT2D eigenvalue weighted by atomic mass is 32.2. The van der Waals surface area contributed by atoms with Gasteiger partial charge in [0.15, 0.2) is 17.1 Å². The van der Waals surface area contributed by atoms with E-state index in [9.17, 15) is 24.3 Å². The molecule has 4 aliphatic rings. The van der Waals surface area contributed by atoms with Gasteiger partial charge in [-0.3, -0.25) is 19.2 Å². The lowest BCUT2D eigenvalue weighted by molar-refractivity contribution is -0.228. The molecule has 4 rings (SSSR count). The number of fused-ring (bicyclic) bond motifs is 5. The first-order chi connectivity index (χ1) is 17.1. The molecule has 0 spiro atoms. The number of hydrogen-bond acceptors (Lipinski definition) is 7. The molecule has 0 aliphatic heterocycles. The van der Waals surface area contributed by atoms with Crippen molar-refractivity contribution < 1.29 is 37.8 Å². The van der Waals surface area contributed by atoms with Gasteiger partial charge in [0, 0.05) is 54.9 Å². The van der Waals surface area contributed by atoms with Crippen LogP contribution in [0.15, 0.2) is 23.8 Å². The van der Waals surface area contributed by atoms with E-state index >= 15 is 8.78 Å². The average Bonchev–Trinajstić information content (AvgIpc) is 3.04. The third-order valence-electron chi connectivity index (χ3n) is 9.58. The fourth-order valence-corrected chi connectivity index (χ4v) is 8.68. The summed E-state index contributed by atoms with van der Waals surface area (Å²) in [6.45, 7) is 6.50. The Labute approximate surface area is 220 Å². The number of nitrogens with zero attached hydrogens (tertiary/aromatic N) is 1. The highest BCUT2D eigenvalue weighted by Crippen LogP contribution is 2.72. The maximum Gasteiger partial charge on any atom is 0.306 e. The quantitative estimate of drug-likeness (QED) is 0.537. The van der Waals surface area contributed by atoms with Gasteiger partial charge in [0.05, 0.1) is 6.10 Å². The van der Waals surface area contributed by atoms with Gasteiger partial charge in [-0.1, -0.05) is 26.8 Å². The van der Waals surface area contributed by atoms with E-state index in [0.29, 0.717) is 11.8 Å². The number of aliphatic hydroxyl groups excluding tert-OH is 1. The Bertz CT molecular complexity index is 1110. The fraction of sp³-hybridized carbons (Fsp3) is 0.704. The lowest BCUT2D eigenvalue weighted by Crippen LogP contribution is -2.70. The van der Waals surface area contributed by atoms with Crippen molar-refractivity contribution in [2.24, 2.45) is 28.6 Å². The second kappa shape index (κ2) is 9.00. The number of amides is 1. The van der Waals surface area contributed by atoms with E-state index in [2.05, 4.69) is 0 Å². The number of rotatable bonds is 3. The second-order valence-corrected chi connectivity index (χ2v) is 12.5. The largest absolute Gasteiger partial charge is 0.449 e. The maximum absolute atomic E-state index is 17.4. The van der Waals surface area contributed by atoms with Gasteiger partial charge >= 0.3 is 5.97 Å². The van der Waals surface area contributed by atoms with Crippen molar-refractivity contribution in [1.82, 2.24) is 4.90 Å². The molecule has 0 saturated heterocycles. The zero-order valence-corrected chi connectivity index (χ0v) is 22.9. The Hall–Kier alpha value is -2.07. The second-order valence-electron chi connectivity index (χ2n) is 11.6. The highest BCUT2D eigenvalue weighted by Gasteiger charge is 2.78. The lowest BCUT2D eigenvalue weighted by Gasteiger charge is -2.63. The Kier molecular flexibility index (Phi) is 6.80. The molecule has 2 unspecified atom stereocenters. The summed E-state index contributed by atoms with van der Waals surface area (Å²) in [6.07, 6.45) is 0.118. The Morgan fingerprint density at radius 1 is 1.22 bits per heavy atom. The van der Waals surface area contributed by atoms with Crippen LogP contribution in [-0.4, -0.2) is 69.8 Å². The summed E-state index contributed by atoms with van der Waals surface area (Å²) in [5.41, 5.74) is -6.94. The molecule has 10 heteroatoms. The topological polar surface area (TPSA) is 101 Å². The molecule has 204 valence electrons. The van der Waals surface area contributed by atoms with Crippen LogP contribution in [0.3, 0.4) is 0 Å². The first-order valence-electron chi connectivity index (χ1n) is 12.7. The smallest absolute Gasteiger partial charge is 0.306 e. The summed E-state index contributed by atoms with van der Waals surface area (Å²) in [6, 6.07) is 0. The maximum atomic E-state index is 17.4. The molecule has 0 radical (unpaired) electrons. The average molecular weight is 540 g/mol. The van der Waals surface area contributed by atoms with Crippen molar-refractivity contribution in [2.75, 3.05) is 14.1 Å². The third kappa shape index (κ3) is 3.61. The number of allylic oxidation sites excluding steroid dienone is 4. The van der Waals surface area contributed by atoms with E-state index in [0.717, 1.165) is 6.08 Å². The summed E-state index contributed by atoms with van der Waals surface area (Å²) in [5.74, 6) is -3.36. The zero-order chi connectivity index (χ0) is 27.7. The zero-order valence-electron chi connectivity index (χ0n) is 22.0. The Morgan fingerprint density at radius 2 is 1.86 bits per heavy atom. The van der Waals surface area contributed by atoms with Crippen molar-refractivity contribution in [2.45, 2.75) is 76.9 Å². The van der Waals surface area contributed by atoms with Gasteiger partial charge in [-0.2, -0.15) is 0 Å². The van der Waals surface area contributed by atoms with E-state index in [1.165, 1.54) is 38.1 Å². The van der Waals surface area contributed by atoms with Gasteiger partial charge in [-0.05, 0) is 49.8 Å². The summed E-state index contributed by atoms with van der Waals surface area (Å²) in [4.78, 5) is 52.3. The molecule has 0 aromatic rings. The fourth-order valence-electron chi connectivity index (χ4n) is 7.72. The number of halogens is 2. The molecule has 7 nitrogen and oxygen atoms in total. The number of ketones is 1. The predicted molar refractivity (Wildman–Crippen MR) is 134 cm³/mol. The molecule has 1 N–H and O–H groups in total. The molecule has 0 aromatic heterocycles. The molecule has 3 saturated carbocycles. The molecular formula is C27H35F2NO6S. The van der Waals surface area contributed by atoms with Crippen LogP contribution in [0.1, 0.15) is 53.4 Å². The first-order valence-corrected chi connectivity index (χ1v) is 13.5. The molecule has 4 aliphatic carbocycles. The number of carbonyl (C=O) groups excluding carboxylic acids is 4. The minimum atomic E-state index is -2.32. The number of aliphatic hydroxyl groups is 1. The molecule has 1 amide bonds. The van der Waals surface area contributed by atoms with Crippen molar-refractivity contribution in [3.8, 4) is 0 Å². The Morgan fingerprint density at radius 3 is 2.46 bits per heavy atom. The number of alkyl halides is 2. The van der Waals surface area contributed by atoms with Crippen LogP contribution in [0.5, 0.6) is 0 Å². The number of carbonyl (C=O) groups is 4. The Balaban J connectivity index is 1.86. The standard InChI is InChI=1S/C27H35F2NO6S/c1-7-21(33)36-27(22(34)37-23(35)30(5)6)14(2)10-16-17-12-19(28)18-11-15(31)8-9-24(18,3)26(17,29)20(32)13-25(16,27)4/h8-9,11,14,16-17,19-20,32H,7,10,12-13H2,1-6H3/t14-,16?,17?,19-,20-,24-,25-,26-,27-/m0/s1. The summed E-state index contributed by atoms with van der Waals surface area (Å²) in [5, 5.41) is 10.3. The number of esters is 1. The predicted octanol–water partition coefficient (Wildman–Crippen LogP) is 4.18. The third-order valence-corrected chi connectivity index (χ3v) is 10.6. The SMILES string of the molecule is CCC(=O)O[C@]1(C(=O)SC(=O)N(C)C)[C@@H](C)CC2C3C[C@H](F)C4=CC(=O)C=C[C@]4(C)[C@@]3(F)[C@@H](O)C[C@@]21C. The van der Waals surface area contributed by atoms with Crippen LogP contribution in [-0.2, 0) is 19.1 Å². The van der Waals surface area contributed by atoms with Crippen molar-refractivity contribution in [3.05, 3.63) is 23.8 Å². The van der Waals surface area contributed by atoms with Crippen molar-refractivity contribution in [3.63, 3.8) is 0 Å². The highest BCUT2D eigenvalue weighted by molar-refractivity contribution is 8.26. The number of ether oxygens (including phenoxy) is 1. The van der Waals surface area contributed by atoms with Crippen LogP contribution in [0.4, 0.5) is 13.6 Å². The summed E-state index contributed by atoms with van der Waals surface area (Å²) in [7, 11) is 2.99. The normalized spacial score (nSPS) is 44.3. The minimum Gasteiger partial charge on any atom is -0.449 e. The van der Waals surface area contributed by atoms with Gasteiger partial charge in [-0.15, -0.1) is 0 Å². The minimum absolute atomic E-state index is 0.0133. The number of thioether (sulfide) groups is 1. The van der Waals surface area contributed by atoms with Crippen LogP contribution in [0, 0.1) is 28.6 Å². The van der Waals surface area contributed by atoms with Crippen molar-refractivity contribution >= 4 is 33.9 Å².